The van der Waals surface area contributed by atoms with E-state index in [9.17, 15) is 8.78 Å². The summed E-state index contributed by atoms with van der Waals surface area (Å²) in [5.41, 5.74) is 6.57. The van der Waals surface area contributed by atoms with Crippen molar-refractivity contribution in [3.8, 4) is 5.75 Å². The smallest absolute Gasteiger partial charge is 0.133 e. The van der Waals surface area contributed by atoms with Crippen LogP contribution in [0.4, 0.5) is 8.78 Å². The van der Waals surface area contributed by atoms with Crippen molar-refractivity contribution in [1.29, 1.82) is 0 Å². The topological polar surface area (TPSA) is 35.2 Å². The number of hydrogen-bond donors (Lipinski definition) is 1. The molecule has 0 saturated heterocycles. The van der Waals surface area contributed by atoms with Crippen LogP contribution in [0.2, 0.25) is 0 Å². The predicted molar refractivity (Wildman–Crippen MR) is 64.8 cm³/mol. The van der Waals surface area contributed by atoms with Crippen molar-refractivity contribution in [2.45, 2.75) is 37.5 Å². The summed E-state index contributed by atoms with van der Waals surface area (Å²) >= 11 is 0. The van der Waals surface area contributed by atoms with Gasteiger partial charge in [0.15, 0.2) is 0 Å². The molecule has 2 nitrogen and oxygen atoms in total. The first-order chi connectivity index (χ1) is 8.68. The van der Waals surface area contributed by atoms with Crippen molar-refractivity contribution in [2.75, 3.05) is 13.2 Å². The van der Waals surface area contributed by atoms with Gasteiger partial charge in [-0.25, -0.2) is 8.78 Å². The Labute approximate surface area is 105 Å². The van der Waals surface area contributed by atoms with Crippen LogP contribution in [0.15, 0.2) is 6.07 Å². The highest BCUT2D eigenvalue weighted by atomic mass is 19.1. The maximum atomic E-state index is 14.2. The average Bonchev–Trinajstić information content (AvgIpc) is 2.98. The van der Waals surface area contributed by atoms with E-state index < -0.39 is 11.6 Å². The van der Waals surface area contributed by atoms with Crippen molar-refractivity contribution in [3.05, 3.63) is 28.8 Å². The van der Waals surface area contributed by atoms with Crippen LogP contribution in [0.3, 0.4) is 0 Å². The van der Waals surface area contributed by atoms with E-state index in [0.29, 0.717) is 36.4 Å². The van der Waals surface area contributed by atoms with Gasteiger partial charge in [0.1, 0.15) is 17.4 Å². The van der Waals surface area contributed by atoms with Crippen LogP contribution in [0.25, 0.3) is 0 Å². The van der Waals surface area contributed by atoms with E-state index in [4.69, 9.17) is 10.5 Å². The van der Waals surface area contributed by atoms with Crippen molar-refractivity contribution in [1.82, 2.24) is 0 Å². The molecule has 0 amide bonds. The molecule has 3 rings (SSSR count). The molecular weight excluding hydrogens is 236 g/mol. The molecule has 0 aromatic heterocycles. The molecule has 1 aromatic rings. The second-order valence-corrected chi connectivity index (χ2v) is 5.31. The molecule has 1 aliphatic heterocycles. The predicted octanol–water partition coefficient (Wildman–Crippen LogP) is 2.67. The van der Waals surface area contributed by atoms with Gasteiger partial charge in [-0.3, -0.25) is 0 Å². The summed E-state index contributed by atoms with van der Waals surface area (Å²) in [6, 6.07) is 0.999. The van der Waals surface area contributed by atoms with E-state index in [2.05, 4.69) is 0 Å². The Bertz CT molecular complexity index is 481. The first kappa shape index (κ1) is 11.9. The highest BCUT2D eigenvalue weighted by Gasteiger charge is 2.41. The standard InChI is InChI=1S/C14H17F2NO/c15-10-7-11(16)12(13-9(10)3-6-18-13)14(8-17)4-1-2-5-14/h7H,1-6,8,17H2. The number of fused-ring (bicyclic) bond motifs is 1. The van der Waals surface area contributed by atoms with Gasteiger partial charge in [0.05, 0.1) is 6.61 Å². The Morgan fingerprint density at radius 1 is 1.22 bits per heavy atom. The SMILES string of the molecule is NCC1(c2c(F)cc(F)c3c2OCC3)CCCC1. The van der Waals surface area contributed by atoms with Crippen LogP contribution in [0.5, 0.6) is 5.75 Å². The Morgan fingerprint density at radius 3 is 2.61 bits per heavy atom. The van der Waals surface area contributed by atoms with Crippen molar-refractivity contribution in [3.63, 3.8) is 0 Å². The zero-order chi connectivity index (χ0) is 12.8. The molecule has 98 valence electrons. The molecule has 0 radical (unpaired) electrons. The molecule has 2 N–H and O–H groups in total. The zero-order valence-electron chi connectivity index (χ0n) is 10.3. The number of benzene rings is 1. The van der Waals surface area contributed by atoms with E-state index in [1.807, 2.05) is 0 Å². The molecule has 1 aromatic carbocycles. The Kier molecular flexibility index (Phi) is 2.77. The molecule has 1 heterocycles. The molecule has 4 heteroatoms. The Hall–Kier alpha value is -1.16. The number of halogens is 2. The summed E-state index contributed by atoms with van der Waals surface area (Å²) in [6.07, 6.45) is 4.34. The van der Waals surface area contributed by atoms with Crippen LogP contribution >= 0.6 is 0 Å². The minimum absolute atomic E-state index is 0.355. The number of rotatable bonds is 2. The second kappa shape index (κ2) is 4.19. The summed E-state index contributed by atoms with van der Waals surface area (Å²) in [5.74, 6) is -0.561. The summed E-state index contributed by atoms with van der Waals surface area (Å²) in [6.45, 7) is 0.828. The maximum Gasteiger partial charge on any atom is 0.133 e. The summed E-state index contributed by atoms with van der Waals surface area (Å²) in [4.78, 5) is 0. The van der Waals surface area contributed by atoms with Gasteiger partial charge in [-0.2, -0.15) is 0 Å². The molecule has 0 spiro atoms. The molecule has 1 fully saturated rings. The van der Waals surface area contributed by atoms with Crippen LogP contribution in [0, 0.1) is 11.6 Å². The van der Waals surface area contributed by atoms with Crippen LogP contribution in [-0.2, 0) is 11.8 Å². The fraction of sp³-hybridized carbons (Fsp3) is 0.571. The van der Waals surface area contributed by atoms with E-state index in [1.165, 1.54) is 0 Å². The molecule has 1 saturated carbocycles. The molecule has 18 heavy (non-hydrogen) atoms. The fourth-order valence-electron chi connectivity index (χ4n) is 3.39. The monoisotopic (exact) mass is 253 g/mol. The normalized spacial score (nSPS) is 20.8. The first-order valence-electron chi connectivity index (χ1n) is 6.52. The zero-order valence-corrected chi connectivity index (χ0v) is 10.3. The van der Waals surface area contributed by atoms with E-state index in [0.717, 1.165) is 31.7 Å². The van der Waals surface area contributed by atoms with Crippen LogP contribution in [-0.4, -0.2) is 13.2 Å². The minimum Gasteiger partial charge on any atom is -0.492 e. The summed E-state index contributed by atoms with van der Waals surface area (Å²) in [5, 5.41) is 0. The third-order valence-electron chi connectivity index (χ3n) is 4.36. The van der Waals surface area contributed by atoms with Gasteiger partial charge in [0, 0.05) is 35.6 Å². The number of ether oxygens (including phenoxy) is 1. The molecule has 0 bridgehead atoms. The Balaban J connectivity index is 2.20. The van der Waals surface area contributed by atoms with Crippen molar-refractivity contribution < 1.29 is 13.5 Å². The summed E-state index contributed by atoms with van der Waals surface area (Å²) in [7, 11) is 0. The van der Waals surface area contributed by atoms with E-state index in [-0.39, 0.29) is 5.41 Å². The average molecular weight is 253 g/mol. The van der Waals surface area contributed by atoms with E-state index in [1.54, 1.807) is 0 Å². The van der Waals surface area contributed by atoms with Gasteiger partial charge in [0.25, 0.3) is 0 Å². The van der Waals surface area contributed by atoms with Gasteiger partial charge in [-0.1, -0.05) is 12.8 Å². The summed E-state index contributed by atoms with van der Waals surface area (Å²) < 4.78 is 33.4. The molecule has 2 aliphatic rings. The van der Waals surface area contributed by atoms with Crippen molar-refractivity contribution >= 4 is 0 Å². The third-order valence-corrected chi connectivity index (χ3v) is 4.36. The lowest BCUT2D eigenvalue weighted by atomic mass is 9.77. The molecule has 0 unspecified atom stereocenters. The lowest BCUT2D eigenvalue weighted by molar-refractivity contribution is 0.331. The molecule has 1 aliphatic carbocycles. The van der Waals surface area contributed by atoms with Crippen molar-refractivity contribution in [2.24, 2.45) is 5.73 Å². The maximum absolute atomic E-state index is 14.2. The number of hydrogen-bond acceptors (Lipinski definition) is 2. The first-order valence-corrected chi connectivity index (χ1v) is 6.52. The third kappa shape index (κ3) is 1.55. The number of nitrogens with two attached hydrogens (primary N) is 1. The van der Waals surface area contributed by atoms with Crippen LogP contribution in [0.1, 0.15) is 36.8 Å². The van der Waals surface area contributed by atoms with Gasteiger partial charge >= 0.3 is 0 Å². The second-order valence-electron chi connectivity index (χ2n) is 5.31. The van der Waals surface area contributed by atoms with Gasteiger partial charge in [0.2, 0.25) is 0 Å². The lowest BCUT2D eigenvalue weighted by Gasteiger charge is -2.30. The van der Waals surface area contributed by atoms with Gasteiger partial charge < -0.3 is 10.5 Å². The van der Waals surface area contributed by atoms with Gasteiger partial charge in [-0.05, 0) is 12.8 Å². The highest BCUT2D eigenvalue weighted by Crippen LogP contribution is 2.48. The minimum atomic E-state index is -0.500. The Morgan fingerprint density at radius 2 is 1.94 bits per heavy atom. The fourth-order valence-corrected chi connectivity index (χ4v) is 3.39. The quantitative estimate of drug-likeness (QED) is 0.879. The molecule has 0 atom stereocenters. The van der Waals surface area contributed by atoms with E-state index >= 15 is 0 Å². The molecular formula is C14H17F2NO. The van der Waals surface area contributed by atoms with Gasteiger partial charge in [-0.15, -0.1) is 0 Å². The highest BCUT2D eigenvalue weighted by molar-refractivity contribution is 5.50. The lowest BCUT2D eigenvalue weighted by Crippen LogP contribution is -2.33. The van der Waals surface area contributed by atoms with Crippen LogP contribution < -0.4 is 10.5 Å². The largest absolute Gasteiger partial charge is 0.492 e.